The lowest BCUT2D eigenvalue weighted by Gasteiger charge is -2.23. The predicted octanol–water partition coefficient (Wildman–Crippen LogP) is 2.29. The molecule has 0 fully saturated rings. The molecule has 0 N–H and O–H groups in total. The first-order valence-corrected chi connectivity index (χ1v) is 7.42. The van der Waals surface area contributed by atoms with Crippen LogP contribution in [0.1, 0.15) is 5.56 Å². The van der Waals surface area contributed by atoms with E-state index in [2.05, 4.69) is 16.3 Å². The van der Waals surface area contributed by atoms with E-state index in [-0.39, 0.29) is 0 Å². The Kier molecular flexibility index (Phi) is 3.99. The zero-order valence-corrected chi connectivity index (χ0v) is 10.5. The zero-order chi connectivity index (χ0) is 14.1. The molecule has 100 valence electrons. The molecule has 0 aromatic heterocycles. The summed E-state index contributed by atoms with van der Waals surface area (Å²) in [6, 6.07) is 1.60. The lowest BCUT2D eigenvalue weighted by Crippen LogP contribution is -2.08. The van der Waals surface area contributed by atoms with Gasteiger partial charge in [-0.1, -0.05) is 11.8 Å². The Balaban J connectivity index is 3.32. The highest BCUT2D eigenvalue weighted by molar-refractivity contribution is 8.08. The predicted molar refractivity (Wildman–Crippen MR) is 58.9 cm³/mol. The van der Waals surface area contributed by atoms with E-state index in [1.54, 1.807) is 0 Å². The number of hydrogen-bond acceptors (Lipinski definition) is 5. The second-order valence-corrected chi connectivity index (χ2v) is 7.05. The summed E-state index contributed by atoms with van der Waals surface area (Å²) >= 11 is 4.39. The van der Waals surface area contributed by atoms with Gasteiger partial charge in [0.05, 0.1) is 16.6 Å². The standard InChI is InChI=1S/C8H7F3NO4PS/c1-17(15,18)16-7-3-5(8(9,10)11)2-6(4-7)12(13)14/h2-4H,1H3,(H,15,18)/p-1. The average Bonchev–Trinajstić information content (AvgIpc) is 2.12. The maximum absolute atomic E-state index is 12.5. The fourth-order valence-corrected chi connectivity index (χ4v) is 1.84. The smallest absolute Gasteiger partial charge is 0.416 e. The first-order chi connectivity index (χ1) is 7.99. The summed E-state index contributed by atoms with van der Waals surface area (Å²) in [4.78, 5) is 20.6. The number of nitro benzene ring substituents is 1. The van der Waals surface area contributed by atoms with Crippen molar-refractivity contribution >= 4 is 24.0 Å². The lowest BCUT2D eigenvalue weighted by atomic mass is 10.2. The number of non-ortho nitro benzene ring substituents is 1. The van der Waals surface area contributed by atoms with Gasteiger partial charge in [-0.25, -0.2) is 0 Å². The fraction of sp³-hybridized carbons (Fsp3) is 0.250. The van der Waals surface area contributed by atoms with E-state index in [0.29, 0.717) is 12.1 Å². The maximum Gasteiger partial charge on any atom is 0.416 e. The summed E-state index contributed by atoms with van der Waals surface area (Å²) in [6.45, 7) is -2.51. The van der Waals surface area contributed by atoms with E-state index in [1.165, 1.54) is 0 Å². The first kappa shape index (κ1) is 14.9. The van der Waals surface area contributed by atoms with E-state index in [0.717, 1.165) is 12.7 Å². The molecule has 1 aromatic rings. The summed E-state index contributed by atoms with van der Waals surface area (Å²) < 4.78 is 42.0. The highest BCUT2D eigenvalue weighted by Gasteiger charge is 2.33. The number of rotatable bonds is 3. The molecule has 0 saturated carbocycles. The monoisotopic (exact) mass is 300 g/mol. The molecule has 0 aliphatic carbocycles. The molecule has 0 aliphatic rings. The average molecular weight is 300 g/mol. The minimum atomic E-state index is -4.77. The second-order valence-electron chi connectivity index (χ2n) is 3.33. The van der Waals surface area contributed by atoms with Crippen molar-refractivity contribution in [3.05, 3.63) is 33.9 Å². The van der Waals surface area contributed by atoms with Crippen molar-refractivity contribution in [3.8, 4) is 5.75 Å². The molecule has 18 heavy (non-hydrogen) atoms. The van der Waals surface area contributed by atoms with E-state index >= 15 is 0 Å². The molecule has 1 aromatic carbocycles. The summed E-state index contributed by atoms with van der Waals surface area (Å²) in [6.07, 6.45) is -4.77. The zero-order valence-electron chi connectivity index (χ0n) is 8.80. The molecule has 0 heterocycles. The highest BCUT2D eigenvalue weighted by Crippen LogP contribution is 2.39. The third kappa shape index (κ3) is 4.25. The fourth-order valence-electron chi connectivity index (χ4n) is 1.10. The topological polar surface area (TPSA) is 75.4 Å². The lowest BCUT2D eigenvalue weighted by molar-refractivity contribution is -0.385. The molecule has 0 spiro atoms. The van der Waals surface area contributed by atoms with E-state index in [1.807, 2.05) is 0 Å². The van der Waals surface area contributed by atoms with Crippen molar-refractivity contribution < 1.29 is 27.5 Å². The third-order valence-corrected chi connectivity index (χ3v) is 2.47. The molecule has 0 saturated heterocycles. The van der Waals surface area contributed by atoms with Crippen molar-refractivity contribution in [1.82, 2.24) is 0 Å². The van der Waals surface area contributed by atoms with Gasteiger partial charge in [-0.3, -0.25) is 10.1 Å². The van der Waals surface area contributed by atoms with Crippen LogP contribution in [0.15, 0.2) is 18.2 Å². The minimum Gasteiger partial charge on any atom is -0.792 e. The molecule has 0 radical (unpaired) electrons. The number of nitro groups is 1. The normalized spacial score (nSPS) is 14.9. The second kappa shape index (κ2) is 4.83. The van der Waals surface area contributed by atoms with Gasteiger partial charge in [0, 0.05) is 12.6 Å². The molecule has 1 rings (SSSR count). The molecule has 1 atom stereocenters. The van der Waals surface area contributed by atoms with Gasteiger partial charge in [-0.2, -0.15) is 13.2 Å². The summed E-state index contributed by atoms with van der Waals surface area (Å²) in [5.41, 5.74) is -2.08. The third-order valence-electron chi connectivity index (χ3n) is 1.70. The maximum atomic E-state index is 12.5. The van der Waals surface area contributed by atoms with Gasteiger partial charge >= 0.3 is 6.18 Å². The van der Waals surface area contributed by atoms with Crippen LogP contribution in [-0.2, 0) is 18.0 Å². The van der Waals surface area contributed by atoms with Crippen molar-refractivity contribution in [3.63, 3.8) is 0 Å². The molecular formula is C8H6F3NO4PS-. The van der Waals surface area contributed by atoms with Crippen LogP contribution in [0.3, 0.4) is 0 Å². The Morgan fingerprint density at radius 3 is 2.33 bits per heavy atom. The van der Waals surface area contributed by atoms with E-state index in [9.17, 15) is 28.2 Å². The van der Waals surface area contributed by atoms with Crippen molar-refractivity contribution in [2.75, 3.05) is 6.66 Å². The van der Waals surface area contributed by atoms with E-state index < -0.39 is 34.6 Å². The largest absolute Gasteiger partial charge is 0.792 e. The quantitative estimate of drug-likeness (QED) is 0.486. The van der Waals surface area contributed by atoms with Crippen LogP contribution in [0, 0.1) is 10.1 Å². The molecular weight excluding hydrogens is 294 g/mol. The molecule has 5 nitrogen and oxygen atoms in total. The number of nitrogens with zero attached hydrogens (tertiary/aromatic N) is 1. The summed E-state index contributed by atoms with van der Waals surface area (Å²) in [5.74, 6) is -0.544. The summed E-state index contributed by atoms with van der Waals surface area (Å²) in [5, 5.41) is 10.5. The van der Waals surface area contributed by atoms with Gasteiger partial charge in [-0.15, -0.1) is 0 Å². The summed E-state index contributed by atoms with van der Waals surface area (Å²) in [7, 11) is 0. The van der Waals surface area contributed by atoms with Crippen LogP contribution in [0.4, 0.5) is 18.9 Å². The van der Waals surface area contributed by atoms with Crippen molar-refractivity contribution in [2.24, 2.45) is 0 Å². The van der Waals surface area contributed by atoms with Gasteiger partial charge in [0.15, 0.2) is 0 Å². The van der Waals surface area contributed by atoms with Crippen LogP contribution in [0.5, 0.6) is 5.75 Å². The minimum absolute atomic E-state index is 0.358. The Morgan fingerprint density at radius 1 is 1.39 bits per heavy atom. The number of hydrogen-bond donors (Lipinski definition) is 0. The van der Waals surface area contributed by atoms with Crippen LogP contribution in [-0.4, -0.2) is 11.6 Å². The van der Waals surface area contributed by atoms with Crippen LogP contribution < -0.4 is 9.42 Å². The van der Waals surface area contributed by atoms with Crippen molar-refractivity contribution in [2.45, 2.75) is 6.18 Å². The molecule has 1 unspecified atom stereocenters. The van der Waals surface area contributed by atoms with Gasteiger partial charge < -0.3 is 9.42 Å². The number of benzene rings is 1. The van der Waals surface area contributed by atoms with Gasteiger partial charge in [0.25, 0.3) is 5.69 Å². The first-order valence-electron chi connectivity index (χ1n) is 4.34. The SMILES string of the molecule is CP([O-])(=S)Oc1cc([N+](=O)[O-])cc(C(F)(F)F)c1. The Morgan fingerprint density at radius 2 is 1.94 bits per heavy atom. The molecule has 0 amide bonds. The Hall–Kier alpha value is -1.18. The van der Waals surface area contributed by atoms with Crippen LogP contribution >= 0.6 is 6.49 Å². The van der Waals surface area contributed by atoms with Gasteiger partial charge in [-0.05, 0) is 12.7 Å². The molecule has 0 aliphatic heterocycles. The molecule has 0 bridgehead atoms. The van der Waals surface area contributed by atoms with E-state index in [4.69, 9.17) is 0 Å². The molecule has 10 heteroatoms. The van der Waals surface area contributed by atoms with Crippen LogP contribution in [0.25, 0.3) is 0 Å². The Bertz CT molecular complexity index is 528. The van der Waals surface area contributed by atoms with Crippen molar-refractivity contribution in [1.29, 1.82) is 0 Å². The Labute approximate surface area is 105 Å². The van der Waals surface area contributed by atoms with Gasteiger partial charge in [0.1, 0.15) is 5.75 Å². The van der Waals surface area contributed by atoms with Crippen LogP contribution in [0.2, 0.25) is 0 Å². The van der Waals surface area contributed by atoms with Gasteiger partial charge in [0.2, 0.25) is 0 Å². The number of alkyl halides is 3. The number of halogens is 3. The highest BCUT2D eigenvalue weighted by atomic mass is 32.5.